The molecule has 2 rings (SSSR count). The van der Waals surface area contributed by atoms with E-state index in [1.54, 1.807) is 21.3 Å². The first-order chi connectivity index (χ1) is 9.24. The molecule has 0 heterocycles. The lowest BCUT2D eigenvalue weighted by Crippen LogP contribution is -1.98. The van der Waals surface area contributed by atoms with Gasteiger partial charge < -0.3 is 14.2 Å². The average molecular weight is 262 g/mol. The van der Waals surface area contributed by atoms with Gasteiger partial charge in [-0.3, -0.25) is 4.79 Å². The van der Waals surface area contributed by atoms with Crippen LogP contribution in [0.15, 0.2) is 17.7 Å². The summed E-state index contributed by atoms with van der Waals surface area (Å²) in [5.74, 6) is 2.02. The number of carbonyl (C=O) groups is 1. The molecular formula is C15H18O4. The van der Waals surface area contributed by atoms with Gasteiger partial charge in [-0.2, -0.15) is 0 Å². The van der Waals surface area contributed by atoms with Crippen molar-refractivity contribution in [2.75, 3.05) is 21.3 Å². The quantitative estimate of drug-likeness (QED) is 0.765. The lowest BCUT2D eigenvalue weighted by molar-refractivity contribution is -0.104. The number of carbonyl (C=O) groups excluding carboxylic acids is 1. The Morgan fingerprint density at radius 1 is 1.00 bits per heavy atom. The van der Waals surface area contributed by atoms with Gasteiger partial charge in [-0.25, -0.2) is 0 Å². The van der Waals surface area contributed by atoms with Gasteiger partial charge in [-0.1, -0.05) is 0 Å². The van der Waals surface area contributed by atoms with Crippen molar-refractivity contribution in [1.29, 1.82) is 0 Å². The van der Waals surface area contributed by atoms with Crippen LogP contribution in [0.3, 0.4) is 0 Å². The van der Waals surface area contributed by atoms with Crippen LogP contribution in [0.4, 0.5) is 0 Å². The second-order valence-electron chi connectivity index (χ2n) is 4.38. The highest BCUT2D eigenvalue weighted by atomic mass is 16.5. The minimum atomic E-state index is 0.670. The van der Waals surface area contributed by atoms with Crippen LogP contribution < -0.4 is 14.2 Å². The maximum Gasteiger partial charge on any atom is 0.146 e. The first-order valence-electron chi connectivity index (χ1n) is 6.22. The van der Waals surface area contributed by atoms with Gasteiger partial charge in [-0.15, -0.1) is 0 Å². The topological polar surface area (TPSA) is 44.8 Å². The number of aldehydes is 1. The highest BCUT2D eigenvalue weighted by Crippen LogP contribution is 2.44. The zero-order valence-corrected chi connectivity index (χ0v) is 11.5. The van der Waals surface area contributed by atoms with Crippen molar-refractivity contribution in [3.05, 3.63) is 23.3 Å². The standard InChI is InChI=1S/C15H18O4/c1-17-11-7-13(18-2)15(14(8-11)19-3)12-6-4-5-10(12)9-16/h7-9H,4-6H2,1-3H3. The molecule has 1 aromatic carbocycles. The molecule has 19 heavy (non-hydrogen) atoms. The maximum atomic E-state index is 11.1. The Kier molecular flexibility index (Phi) is 4.10. The SMILES string of the molecule is COc1cc(OC)c(C2=C(C=O)CCC2)c(OC)c1. The van der Waals surface area contributed by atoms with E-state index in [1.165, 1.54) is 0 Å². The molecule has 1 aliphatic carbocycles. The molecule has 0 atom stereocenters. The molecule has 0 saturated carbocycles. The van der Waals surface area contributed by atoms with Gasteiger partial charge in [0, 0.05) is 12.1 Å². The summed E-state index contributed by atoms with van der Waals surface area (Å²) in [6, 6.07) is 3.62. The largest absolute Gasteiger partial charge is 0.496 e. The molecular weight excluding hydrogens is 244 g/mol. The molecule has 0 radical (unpaired) electrons. The van der Waals surface area contributed by atoms with Crippen molar-refractivity contribution in [2.24, 2.45) is 0 Å². The first kappa shape index (κ1) is 13.5. The van der Waals surface area contributed by atoms with Crippen molar-refractivity contribution >= 4 is 11.9 Å². The summed E-state index contributed by atoms with van der Waals surface area (Å²) in [5, 5.41) is 0. The Labute approximate surface area is 113 Å². The van der Waals surface area contributed by atoms with E-state index in [-0.39, 0.29) is 0 Å². The third-order valence-corrected chi connectivity index (χ3v) is 3.42. The summed E-state index contributed by atoms with van der Waals surface area (Å²) in [4.78, 5) is 11.1. The van der Waals surface area contributed by atoms with E-state index in [1.807, 2.05) is 12.1 Å². The molecule has 0 unspecified atom stereocenters. The molecule has 0 bridgehead atoms. The molecule has 4 heteroatoms. The number of ether oxygens (including phenoxy) is 3. The first-order valence-corrected chi connectivity index (χ1v) is 6.22. The number of hydrogen-bond acceptors (Lipinski definition) is 4. The lowest BCUT2D eigenvalue weighted by atomic mass is 10.00. The monoisotopic (exact) mass is 262 g/mol. The molecule has 1 aromatic rings. The highest BCUT2D eigenvalue weighted by Gasteiger charge is 2.23. The Morgan fingerprint density at radius 2 is 1.63 bits per heavy atom. The number of allylic oxidation sites excluding steroid dienone is 2. The molecule has 0 fully saturated rings. The van der Waals surface area contributed by atoms with E-state index in [0.717, 1.165) is 42.3 Å². The predicted molar refractivity (Wildman–Crippen MR) is 72.9 cm³/mol. The fourth-order valence-electron chi connectivity index (χ4n) is 2.49. The molecule has 0 aliphatic heterocycles. The van der Waals surface area contributed by atoms with Gasteiger partial charge in [0.2, 0.25) is 0 Å². The third kappa shape index (κ3) is 2.43. The van der Waals surface area contributed by atoms with Crippen molar-refractivity contribution in [2.45, 2.75) is 19.3 Å². The van der Waals surface area contributed by atoms with Gasteiger partial charge >= 0.3 is 0 Å². The summed E-state index contributed by atoms with van der Waals surface area (Å²) >= 11 is 0. The number of rotatable bonds is 5. The van der Waals surface area contributed by atoms with E-state index in [2.05, 4.69) is 0 Å². The van der Waals surface area contributed by atoms with Crippen molar-refractivity contribution in [1.82, 2.24) is 0 Å². The Bertz CT molecular complexity index is 492. The van der Waals surface area contributed by atoms with E-state index in [9.17, 15) is 4.79 Å². The molecule has 0 N–H and O–H groups in total. The Balaban J connectivity index is 2.64. The predicted octanol–water partition coefficient (Wildman–Crippen LogP) is 2.85. The van der Waals surface area contributed by atoms with Crippen molar-refractivity contribution in [3.63, 3.8) is 0 Å². The highest BCUT2D eigenvalue weighted by molar-refractivity contribution is 5.92. The fourth-order valence-corrected chi connectivity index (χ4v) is 2.49. The van der Waals surface area contributed by atoms with E-state index >= 15 is 0 Å². The molecule has 1 aliphatic rings. The number of methoxy groups -OCH3 is 3. The van der Waals surface area contributed by atoms with Crippen molar-refractivity contribution < 1.29 is 19.0 Å². The molecule has 0 saturated heterocycles. The second kappa shape index (κ2) is 5.78. The van der Waals surface area contributed by atoms with Gasteiger partial charge in [-0.05, 0) is 30.4 Å². The number of hydrogen-bond donors (Lipinski definition) is 0. The zero-order chi connectivity index (χ0) is 13.8. The van der Waals surface area contributed by atoms with Crippen molar-refractivity contribution in [3.8, 4) is 17.2 Å². The molecule has 0 amide bonds. The summed E-state index contributed by atoms with van der Waals surface area (Å²) in [5.41, 5.74) is 2.72. The van der Waals surface area contributed by atoms with Crippen LogP contribution in [0.1, 0.15) is 24.8 Å². The van der Waals surface area contributed by atoms with Gasteiger partial charge in [0.25, 0.3) is 0 Å². The Morgan fingerprint density at radius 3 is 2.11 bits per heavy atom. The molecule has 0 aromatic heterocycles. The van der Waals surface area contributed by atoms with Crippen LogP contribution in [-0.2, 0) is 4.79 Å². The minimum absolute atomic E-state index is 0.670. The van der Waals surface area contributed by atoms with Gasteiger partial charge in [0.1, 0.15) is 23.5 Å². The van der Waals surface area contributed by atoms with Gasteiger partial charge in [0.15, 0.2) is 0 Å². The summed E-state index contributed by atoms with van der Waals surface area (Å²) in [6.07, 6.45) is 3.61. The van der Waals surface area contributed by atoms with Crippen LogP contribution in [0.2, 0.25) is 0 Å². The maximum absolute atomic E-state index is 11.1. The summed E-state index contributed by atoms with van der Waals surface area (Å²) in [6.45, 7) is 0. The second-order valence-corrected chi connectivity index (χ2v) is 4.38. The normalized spacial score (nSPS) is 14.5. The fraction of sp³-hybridized carbons (Fsp3) is 0.400. The van der Waals surface area contributed by atoms with Crippen LogP contribution in [0, 0.1) is 0 Å². The van der Waals surface area contributed by atoms with E-state index in [4.69, 9.17) is 14.2 Å². The molecule has 4 nitrogen and oxygen atoms in total. The number of benzene rings is 1. The van der Waals surface area contributed by atoms with E-state index in [0.29, 0.717) is 17.2 Å². The smallest absolute Gasteiger partial charge is 0.146 e. The van der Waals surface area contributed by atoms with Crippen LogP contribution in [-0.4, -0.2) is 27.6 Å². The van der Waals surface area contributed by atoms with Crippen LogP contribution in [0.25, 0.3) is 5.57 Å². The average Bonchev–Trinajstić information content (AvgIpc) is 2.93. The van der Waals surface area contributed by atoms with E-state index < -0.39 is 0 Å². The lowest BCUT2D eigenvalue weighted by Gasteiger charge is -2.16. The molecule has 0 spiro atoms. The zero-order valence-electron chi connectivity index (χ0n) is 11.5. The molecule has 102 valence electrons. The summed E-state index contributed by atoms with van der Waals surface area (Å²) in [7, 11) is 4.81. The van der Waals surface area contributed by atoms with Gasteiger partial charge in [0.05, 0.1) is 26.9 Å². The van der Waals surface area contributed by atoms with Crippen LogP contribution >= 0.6 is 0 Å². The minimum Gasteiger partial charge on any atom is -0.496 e. The summed E-state index contributed by atoms with van der Waals surface area (Å²) < 4.78 is 16.1. The third-order valence-electron chi connectivity index (χ3n) is 3.42. The Hall–Kier alpha value is -1.97. The van der Waals surface area contributed by atoms with Crippen LogP contribution in [0.5, 0.6) is 17.2 Å².